The lowest BCUT2D eigenvalue weighted by atomic mass is 9.67. The molecular weight excluding hydrogens is 314 g/mol. The number of carbonyl (C=O) groups is 1. The van der Waals surface area contributed by atoms with Gasteiger partial charge < -0.3 is 9.47 Å². The van der Waals surface area contributed by atoms with Crippen molar-refractivity contribution < 1.29 is 4.79 Å². The number of aromatic nitrogens is 4. The van der Waals surface area contributed by atoms with Gasteiger partial charge >= 0.3 is 0 Å². The van der Waals surface area contributed by atoms with Crippen molar-refractivity contribution in [2.24, 2.45) is 12.5 Å². The molecular formula is C19H25N5O. The number of amides is 1. The second-order valence-electron chi connectivity index (χ2n) is 7.65. The number of likely N-dealkylation sites (tertiary alicyclic amines) is 1. The predicted molar refractivity (Wildman–Crippen MR) is 94.1 cm³/mol. The highest BCUT2D eigenvalue weighted by Gasteiger charge is 2.50. The smallest absolute Gasteiger partial charge is 0.255 e. The average molecular weight is 339 g/mol. The molecule has 25 heavy (non-hydrogen) atoms. The van der Waals surface area contributed by atoms with Gasteiger partial charge in [-0.05, 0) is 37.3 Å². The highest BCUT2D eigenvalue weighted by atomic mass is 16.2. The van der Waals surface area contributed by atoms with Gasteiger partial charge in [0.15, 0.2) is 0 Å². The maximum atomic E-state index is 13.0. The molecule has 1 aliphatic carbocycles. The Bertz CT molecular complexity index is 760. The molecule has 0 aromatic carbocycles. The Morgan fingerprint density at radius 3 is 2.68 bits per heavy atom. The summed E-state index contributed by atoms with van der Waals surface area (Å²) in [6, 6.07) is 3.79. The molecule has 0 radical (unpaired) electrons. The molecule has 2 fully saturated rings. The van der Waals surface area contributed by atoms with E-state index in [4.69, 9.17) is 0 Å². The normalized spacial score (nSPS) is 22.5. The Morgan fingerprint density at radius 2 is 2.04 bits per heavy atom. The third-order valence-electron chi connectivity index (χ3n) is 6.00. The molecule has 2 aliphatic rings. The third kappa shape index (κ3) is 2.83. The molecule has 6 nitrogen and oxygen atoms in total. The minimum Gasteiger partial charge on any atom is -0.337 e. The van der Waals surface area contributed by atoms with E-state index < -0.39 is 0 Å². The number of hydrogen-bond donors (Lipinski definition) is 0. The van der Waals surface area contributed by atoms with Gasteiger partial charge in [-0.15, -0.1) is 10.2 Å². The van der Waals surface area contributed by atoms with Crippen LogP contribution in [0.2, 0.25) is 0 Å². The van der Waals surface area contributed by atoms with Crippen LogP contribution in [0, 0.1) is 12.3 Å². The molecule has 0 bridgehead atoms. The van der Waals surface area contributed by atoms with Crippen molar-refractivity contribution >= 4 is 5.91 Å². The topological polar surface area (TPSA) is 63.9 Å². The Labute approximate surface area is 148 Å². The summed E-state index contributed by atoms with van der Waals surface area (Å²) in [6.07, 6.45) is 9.57. The number of nitrogens with zero attached hydrogens (tertiary/aromatic N) is 5. The second-order valence-corrected chi connectivity index (χ2v) is 7.65. The van der Waals surface area contributed by atoms with E-state index in [1.165, 1.54) is 32.1 Å². The summed E-state index contributed by atoms with van der Waals surface area (Å²) < 4.78 is 2.02. The quantitative estimate of drug-likeness (QED) is 0.844. The molecule has 6 heteroatoms. The lowest BCUT2D eigenvalue weighted by Crippen LogP contribution is -2.34. The summed E-state index contributed by atoms with van der Waals surface area (Å²) in [7, 11) is 2.00. The SMILES string of the molecule is Cc1ccc(C(=O)N2CC(c3nncn3C)C3(CCCCC3)C2)cn1. The first-order valence-electron chi connectivity index (χ1n) is 9.15. The Hall–Kier alpha value is -2.24. The van der Waals surface area contributed by atoms with Crippen LogP contribution in [0.5, 0.6) is 0 Å². The molecule has 1 saturated heterocycles. The van der Waals surface area contributed by atoms with Crippen molar-refractivity contribution in [2.75, 3.05) is 13.1 Å². The molecule has 132 valence electrons. The summed E-state index contributed by atoms with van der Waals surface area (Å²) in [6.45, 7) is 3.47. The third-order valence-corrected chi connectivity index (χ3v) is 6.00. The number of hydrogen-bond acceptors (Lipinski definition) is 4. The fourth-order valence-electron chi connectivity index (χ4n) is 4.63. The van der Waals surface area contributed by atoms with Gasteiger partial charge in [0.25, 0.3) is 5.91 Å². The first-order valence-corrected chi connectivity index (χ1v) is 9.15. The van der Waals surface area contributed by atoms with Crippen molar-refractivity contribution in [1.82, 2.24) is 24.6 Å². The van der Waals surface area contributed by atoms with Gasteiger partial charge in [-0.3, -0.25) is 9.78 Å². The van der Waals surface area contributed by atoms with Crippen LogP contribution in [-0.4, -0.2) is 43.6 Å². The summed E-state index contributed by atoms with van der Waals surface area (Å²) in [5.41, 5.74) is 1.75. The first kappa shape index (κ1) is 16.2. The van der Waals surface area contributed by atoms with Crippen LogP contribution in [-0.2, 0) is 7.05 Å². The maximum absolute atomic E-state index is 13.0. The van der Waals surface area contributed by atoms with Crippen molar-refractivity contribution in [2.45, 2.75) is 44.9 Å². The average Bonchev–Trinajstić information content (AvgIpc) is 3.19. The van der Waals surface area contributed by atoms with E-state index in [9.17, 15) is 4.79 Å². The van der Waals surface area contributed by atoms with Crippen LogP contribution in [0.25, 0.3) is 0 Å². The zero-order valence-corrected chi connectivity index (χ0v) is 15.0. The molecule has 1 atom stereocenters. The molecule has 3 heterocycles. The number of aryl methyl sites for hydroxylation is 2. The molecule has 1 saturated carbocycles. The minimum absolute atomic E-state index is 0.0853. The lowest BCUT2D eigenvalue weighted by molar-refractivity contribution is 0.0758. The van der Waals surface area contributed by atoms with E-state index in [2.05, 4.69) is 15.2 Å². The lowest BCUT2D eigenvalue weighted by Gasteiger charge is -2.37. The summed E-state index contributed by atoms with van der Waals surface area (Å²) >= 11 is 0. The summed E-state index contributed by atoms with van der Waals surface area (Å²) in [5.74, 6) is 1.36. The highest BCUT2D eigenvalue weighted by Crippen LogP contribution is 2.51. The van der Waals surface area contributed by atoms with Crippen LogP contribution in [0.4, 0.5) is 0 Å². The van der Waals surface area contributed by atoms with E-state index in [0.29, 0.717) is 5.56 Å². The van der Waals surface area contributed by atoms with Gasteiger partial charge in [0.2, 0.25) is 0 Å². The zero-order chi connectivity index (χ0) is 17.4. The van der Waals surface area contributed by atoms with Gasteiger partial charge in [0, 0.05) is 37.9 Å². The van der Waals surface area contributed by atoms with E-state index >= 15 is 0 Å². The van der Waals surface area contributed by atoms with Crippen LogP contribution in [0.3, 0.4) is 0 Å². The van der Waals surface area contributed by atoms with E-state index in [-0.39, 0.29) is 17.2 Å². The molecule has 0 N–H and O–H groups in total. The van der Waals surface area contributed by atoms with Gasteiger partial charge in [0.05, 0.1) is 5.56 Å². The molecule has 1 aliphatic heterocycles. The van der Waals surface area contributed by atoms with Gasteiger partial charge in [-0.1, -0.05) is 19.3 Å². The van der Waals surface area contributed by atoms with Crippen LogP contribution in [0.1, 0.15) is 59.9 Å². The van der Waals surface area contributed by atoms with Crippen LogP contribution in [0.15, 0.2) is 24.7 Å². The largest absolute Gasteiger partial charge is 0.337 e. The maximum Gasteiger partial charge on any atom is 0.255 e. The highest BCUT2D eigenvalue weighted by molar-refractivity contribution is 5.94. The molecule has 1 amide bonds. The Balaban J connectivity index is 1.64. The van der Waals surface area contributed by atoms with Crippen molar-refractivity contribution in [3.63, 3.8) is 0 Å². The Kier molecular flexibility index (Phi) is 4.06. The first-order chi connectivity index (χ1) is 12.1. The molecule has 2 aromatic heterocycles. The van der Waals surface area contributed by atoms with Crippen molar-refractivity contribution in [1.29, 1.82) is 0 Å². The van der Waals surface area contributed by atoms with Crippen LogP contribution >= 0.6 is 0 Å². The summed E-state index contributed by atoms with van der Waals surface area (Å²) in [4.78, 5) is 19.3. The number of rotatable bonds is 2. The molecule has 2 aromatic rings. The fourth-order valence-corrected chi connectivity index (χ4v) is 4.63. The minimum atomic E-state index is 0.0853. The van der Waals surface area contributed by atoms with Gasteiger partial charge in [-0.2, -0.15) is 0 Å². The van der Waals surface area contributed by atoms with E-state index in [1.807, 2.05) is 35.6 Å². The van der Waals surface area contributed by atoms with Crippen molar-refractivity contribution in [3.05, 3.63) is 41.7 Å². The zero-order valence-electron chi connectivity index (χ0n) is 15.0. The van der Waals surface area contributed by atoms with Gasteiger partial charge in [-0.25, -0.2) is 0 Å². The molecule has 1 unspecified atom stereocenters. The monoisotopic (exact) mass is 339 g/mol. The standard InChI is InChI=1S/C19H25N5O/c1-14-6-7-15(10-20-14)18(25)24-11-16(17-22-21-13-23(17)2)19(12-24)8-4-3-5-9-19/h6-7,10,13,16H,3-5,8-9,11-12H2,1-2H3. The summed E-state index contributed by atoms with van der Waals surface area (Å²) in [5, 5.41) is 8.47. The van der Waals surface area contributed by atoms with E-state index in [0.717, 1.165) is 24.6 Å². The number of pyridine rings is 1. The van der Waals surface area contributed by atoms with E-state index in [1.54, 1.807) is 12.5 Å². The van der Waals surface area contributed by atoms with Gasteiger partial charge in [0.1, 0.15) is 12.2 Å². The molecule has 1 spiro atoms. The second kappa shape index (κ2) is 6.24. The number of carbonyl (C=O) groups excluding carboxylic acids is 1. The van der Waals surface area contributed by atoms with Crippen molar-refractivity contribution in [3.8, 4) is 0 Å². The Morgan fingerprint density at radius 1 is 1.24 bits per heavy atom. The molecule has 4 rings (SSSR count). The fraction of sp³-hybridized carbons (Fsp3) is 0.579. The van der Waals surface area contributed by atoms with Crippen LogP contribution < -0.4 is 0 Å². The predicted octanol–water partition coefficient (Wildman–Crippen LogP) is 2.71.